The largest absolute Gasteiger partial charge is 1.00 e. The molecule has 2 nitrogen and oxygen atoms in total. The third kappa shape index (κ3) is 5.81. The van der Waals surface area contributed by atoms with Gasteiger partial charge in [-0.2, -0.15) is 13.5 Å². The molecule has 0 saturated carbocycles. The molecule has 0 radical (unpaired) electrons. The van der Waals surface area contributed by atoms with Gasteiger partial charge in [-0.1, -0.05) is 6.58 Å². The number of hydrogen-bond donors (Lipinski definition) is 0. The molecule has 0 fully saturated rings. The quantitative estimate of drug-likeness (QED) is 0.174. The minimum Gasteiger partial charge on any atom is -0.634 e. The Labute approximate surface area is 61.1 Å². The Hall–Kier alpha value is -0.193. The average Bonchev–Trinajstić information content (AvgIpc) is 1.68. The van der Waals surface area contributed by atoms with Crippen molar-refractivity contribution in [2.45, 2.75) is 6.92 Å². The van der Waals surface area contributed by atoms with Crippen LogP contribution in [0.5, 0.6) is 0 Å². The maximum Gasteiger partial charge on any atom is 1.00 e. The summed E-state index contributed by atoms with van der Waals surface area (Å²) in [6.07, 6.45) is 1.11. The van der Waals surface area contributed by atoms with Gasteiger partial charge in [-0.3, -0.25) is 0 Å². The summed E-state index contributed by atoms with van der Waals surface area (Å²) in [5, 5.41) is 0. The predicted octanol–water partition coefficient (Wildman–Crippen LogP) is -2.10. The summed E-state index contributed by atoms with van der Waals surface area (Å²) in [4.78, 5) is 10.0. The average molecular weight is 106 g/mol. The SMILES string of the molecule is C=CC(=O)O[CH-]C.[Li+]. The van der Waals surface area contributed by atoms with Gasteiger partial charge in [-0.25, -0.2) is 4.79 Å². The number of esters is 1. The van der Waals surface area contributed by atoms with E-state index in [1.165, 1.54) is 6.61 Å². The van der Waals surface area contributed by atoms with Crippen LogP contribution in [0, 0.1) is 6.61 Å². The van der Waals surface area contributed by atoms with Crippen molar-refractivity contribution in [2.75, 3.05) is 0 Å². The van der Waals surface area contributed by atoms with Gasteiger partial charge < -0.3 is 4.74 Å². The fourth-order valence-corrected chi connectivity index (χ4v) is 0.164. The summed E-state index contributed by atoms with van der Waals surface area (Å²) in [5.41, 5.74) is 0. The van der Waals surface area contributed by atoms with Crippen molar-refractivity contribution in [1.82, 2.24) is 0 Å². The first-order chi connectivity index (χ1) is 3.31. The van der Waals surface area contributed by atoms with Gasteiger partial charge in [-0.05, 0) is 0 Å². The summed E-state index contributed by atoms with van der Waals surface area (Å²) in [6.45, 7) is 6.12. The molecule has 0 aromatic heterocycles. The Kier molecular flexibility index (Phi) is 9.13. The minimum atomic E-state index is -0.414. The van der Waals surface area contributed by atoms with Crippen LogP contribution in [0.1, 0.15) is 6.92 Å². The van der Waals surface area contributed by atoms with Crippen molar-refractivity contribution >= 4 is 5.97 Å². The Bertz CT molecular complexity index is 80.5. The molecule has 0 amide bonds. The number of ether oxygens (including phenoxy) is 1. The standard InChI is InChI=1S/C5H7O2.Li/c1-3-5(6)7-4-2;/h3-4H,1H2,2H3;/q-1;+1. The molecule has 0 aliphatic rings. The van der Waals surface area contributed by atoms with E-state index in [1.54, 1.807) is 6.92 Å². The van der Waals surface area contributed by atoms with Crippen molar-refractivity contribution in [3.05, 3.63) is 19.3 Å². The van der Waals surface area contributed by atoms with Crippen LogP contribution < -0.4 is 18.9 Å². The molecule has 3 heteroatoms. The van der Waals surface area contributed by atoms with Gasteiger partial charge in [0.15, 0.2) is 0 Å². The molecule has 8 heavy (non-hydrogen) atoms. The van der Waals surface area contributed by atoms with E-state index in [0.29, 0.717) is 0 Å². The monoisotopic (exact) mass is 106 g/mol. The maximum atomic E-state index is 10.0. The number of hydrogen-bond acceptors (Lipinski definition) is 2. The van der Waals surface area contributed by atoms with Gasteiger partial charge in [0.2, 0.25) is 0 Å². The van der Waals surface area contributed by atoms with E-state index in [-0.39, 0.29) is 18.9 Å². The van der Waals surface area contributed by atoms with Crippen molar-refractivity contribution in [3.63, 3.8) is 0 Å². The van der Waals surface area contributed by atoms with E-state index in [4.69, 9.17) is 0 Å². The van der Waals surface area contributed by atoms with Gasteiger partial charge in [0, 0.05) is 6.08 Å². The molecule has 0 N–H and O–H groups in total. The number of carbonyl (C=O) groups is 1. The molecule has 0 aromatic carbocycles. The molecule has 0 aliphatic heterocycles. The van der Waals surface area contributed by atoms with E-state index >= 15 is 0 Å². The molecule has 0 saturated heterocycles. The third-order valence-electron chi connectivity index (χ3n) is 0.401. The molecule has 0 rings (SSSR count). The van der Waals surface area contributed by atoms with Crippen LogP contribution in [0.3, 0.4) is 0 Å². The Morgan fingerprint density at radius 1 is 1.88 bits per heavy atom. The topological polar surface area (TPSA) is 26.3 Å². The van der Waals surface area contributed by atoms with Crippen molar-refractivity contribution in [2.24, 2.45) is 0 Å². The van der Waals surface area contributed by atoms with Crippen LogP contribution in [-0.4, -0.2) is 5.97 Å². The Morgan fingerprint density at radius 3 is 2.50 bits per heavy atom. The fraction of sp³-hybridized carbons (Fsp3) is 0.200. The first-order valence-electron chi connectivity index (χ1n) is 1.92. The van der Waals surface area contributed by atoms with E-state index < -0.39 is 5.97 Å². The van der Waals surface area contributed by atoms with E-state index in [9.17, 15) is 4.79 Å². The number of carbonyl (C=O) groups excluding carboxylic acids is 1. The molecule has 0 aliphatic carbocycles. The molecular weight excluding hydrogens is 99.0 g/mol. The van der Waals surface area contributed by atoms with Gasteiger partial charge in [0.1, 0.15) is 0 Å². The molecule has 0 aromatic rings. The first-order valence-corrected chi connectivity index (χ1v) is 1.92. The first kappa shape index (κ1) is 10.7. The zero-order valence-electron chi connectivity index (χ0n) is 5.18. The number of rotatable bonds is 2. The van der Waals surface area contributed by atoms with Gasteiger partial charge >= 0.3 is 18.9 Å². The van der Waals surface area contributed by atoms with Crippen LogP contribution in [-0.2, 0) is 9.53 Å². The molecular formula is C5H7LiO2. The van der Waals surface area contributed by atoms with Crippen molar-refractivity contribution in [1.29, 1.82) is 0 Å². The Morgan fingerprint density at radius 2 is 2.38 bits per heavy atom. The van der Waals surface area contributed by atoms with E-state index in [1.807, 2.05) is 0 Å². The molecule has 0 bridgehead atoms. The second kappa shape index (κ2) is 6.81. The summed E-state index contributed by atoms with van der Waals surface area (Å²) < 4.78 is 4.31. The van der Waals surface area contributed by atoms with E-state index in [2.05, 4.69) is 11.3 Å². The molecule has 40 valence electrons. The summed E-state index contributed by atoms with van der Waals surface area (Å²) in [6, 6.07) is 0. The van der Waals surface area contributed by atoms with Gasteiger partial charge in [0.05, 0.1) is 0 Å². The minimum absolute atomic E-state index is 0. The maximum absolute atomic E-state index is 10.0. The van der Waals surface area contributed by atoms with Crippen LogP contribution in [0.2, 0.25) is 0 Å². The predicted molar refractivity (Wildman–Crippen MR) is 26.3 cm³/mol. The molecule has 0 spiro atoms. The van der Waals surface area contributed by atoms with Crippen molar-refractivity contribution < 1.29 is 28.4 Å². The van der Waals surface area contributed by atoms with E-state index in [0.717, 1.165) is 6.08 Å². The van der Waals surface area contributed by atoms with Crippen LogP contribution in [0.15, 0.2) is 12.7 Å². The fourth-order valence-electron chi connectivity index (χ4n) is 0.164. The summed E-state index contributed by atoms with van der Waals surface area (Å²) in [7, 11) is 0. The van der Waals surface area contributed by atoms with Gasteiger partial charge in [0.25, 0.3) is 5.97 Å². The second-order valence-electron chi connectivity index (χ2n) is 0.877. The van der Waals surface area contributed by atoms with Crippen LogP contribution in [0.4, 0.5) is 0 Å². The molecule has 0 atom stereocenters. The molecule has 0 heterocycles. The summed E-state index contributed by atoms with van der Waals surface area (Å²) in [5.74, 6) is -0.414. The Balaban J connectivity index is 0. The van der Waals surface area contributed by atoms with Crippen LogP contribution in [0.25, 0.3) is 0 Å². The normalized spacial score (nSPS) is 6.62. The zero-order valence-corrected chi connectivity index (χ0v) is 5.18. The van der Waals surface area contributed by atoms with Crippen LogP contribution >= 0.6 is 0 Å². The second-order valence-corrected chi connectivity index (χ2v) is 0.877. The smallest absolute Gasteiger partial charge is 0.634 e. The third-order valence-corrected chi connectivity index (χ3v) is 0.401. The molecule has 0 unspecified atom stereocenters. The van der Waals surface area contributed by atoms with Crippen molar-refractivity contribution in [3.8, 4) is 0 Å². The zero-order chi connectivity index (χ0) is 5.70. The summed E-state index contributed by atoms with van der Waals surface area (Å²) >= 11 is 0. The van der Waals surface area contributed by atoms with Gasteiger partial charge in [-0.15, -0.1) is 0 Å².